The number of nitrogen functional groups attached to an aromatic ring is 1. The van der Waals surface area contributed by atoms with E-state index in [4.69, 9.17) is 15.3 Å². The van der Waals surface area contributed by atoms with Crippen LogP contribution in [0.3, 0.4) is 0 Å². The summed E-state index contributed by atoms with van der Waals surface area (Å²) in [5.41, 5.74) is 2.43. The van der Waals surface area contributed by atoms with Gasteiger partial charge in [0.1, 0.15) is 0 Å². The summed E-state index contributed by atoms with van der Waals surface area (Å²) in [5.74, 6) is 6.66. The van der Waals surface area contributed by atoms with Crippen LogP contribution in [0.2, 0.25) is 0 Å². The molecule has 1 aromatic heterocycles. The minimum atomic E-state index is 0.261. The van der Waals surface area contributed by atoms with E-state index in [9.17, 15) is 0 Å². The number of rotatable bonds is 9. The van der Waals surface area contributed by atoms with Crippen molar-refractivity contribution in [1.29, 1.82) is 0 Å². The molecular formula is C12H24N6O2. The summed E-state index contributed by atoms with van der Waals surface area (Å²) in [6.45, 7) is 8.70. The molecule has 0 aliphatic heterocycles. The van der Waals surface area contributed by atoms with Crippen LogP contribution in [0.25, 0.3) is 0 Å². The maximum atomic E-state index is 5.38. The Morgan fingerprint density at radius 3 is 2.60 bits per heavy atom. The number of hydrogen-bond acceptors (Lipinski definition) is 8. The second-order valence-electron chi connectivity index (χ2n) is 4.65. The molecule has 0 radical (unpaired) electrons. The summed E-state index contributed by atoms with van der Waals surface area (Å²) >= 11 is 0. The van der Waals surface area contributed by atoms with Gasteiger partial charge in [0, 0.05) is 20.2 Å². The molecule has 114 valence electrons. The standard InChI is InChI=1S/C12H24N6O2/c1-5-20-12-15-10(17-13)14-11(16-12)18(6-7-19-4)8-9(2)3/h9H,5-8,13H2,1-4H3,(H,14,15,16,17). The van der Waals surface area contributed by atoms with E-state index in [0.717, 1.165) is 6.54 Å². The van der Waals surface area contributed by atoms with Crippen LogP contribution in [-0.4, -0.2) is 48.4 Å². The van der Waals surface area contributed by atoms with Gasteiger partial charge < -0.3 is 14.4 Å². The molecule has 8 nitrogen and oxygen atoms in total. The third kappa shape index (κ3) is 5.14. The summed E-state index contributed by atoms with van der Waals surface area (Å²) in [7, 11) is 1.67. The normalized spacial score (nSPS) is 10.7. The topological polar surface area (TPSA) is 98.4 Å². The van der Waals surface area contributed by atoms with Crippen molar-refractivity contribution in [3.63, 3.8) is 0 Å². The van der Waals surface area contributed by atoms with Crippen LogP contribution in [0.5, 0.6) is 6.01 Å². The predicted molar refractivity (Wildman–Crippen MR) is 77.7 cm³/mol. The quantitative estimate of drug-likeness (QED) is 0.504. The molecule has 0 spiro atoms. The molecule has 0 saturated carbocycles. The smallest absolute Gasteiger partial charge is 0.323 e. The molecule has 0 saturated heterocycles. The molecule has 1 aromatic rings. The molecule has 0 atom stereocenters. The zero-order valence-corrected chi connectivity index (χ0v) is 12.6. The SMILES string of the molecule is CCOc1nc(NN)nc(N(CCOC)CC(C)C)n1. The van der Waals surface area contributed by atoms with Crippen LogP contribution in [0.15, 0.2) is 0 Å². The van der Waals surface area contributed by atoms with Crippen molar-refractivity contribution in [1.82, 2.24) is 15.0 Å². The van der Waals surface area contributed by atoms with Gasteiger partial charge in [0.25, 0.3) is 0 Å². The zero-order valence-electron chi connectivity index (χ0n) is 12.6. The number of anilines is 2. The second kappa shape index (κ2) is 8.49. The molecule has 0 aromatic carbocycles. The van der Waals surface area contributed by atoms with E-state index in [2.05, 4.69) is 34.2 Å². The van der Waals surface area contributed by atoms with Gasteiger partial charge in [0.15, 0.2) is 0 Å². The van der Waals surface area contributed by atoms with Gasteiger partial charge >= 0.3 is 6.01 Å². The van der Waals surface area contributed by atoms with E-state index in [0.29, 0.717) is 31.6 Å². The van der Waals surface area contributed by atoms with E-state index < -0.39 is 0 Å². The van der Waals surface area contributed by atoms with Crippen LogP contribution >= 0.6 is 0 Å². The van der Waals surface area contributed by atoms with Crippen molar-refractivity contribution >= 4 is 11.9 Å². The number of ether oxygens (including phenoxy) is 2. The van der Waals surface area contributed by atoms with Gasteiger partial charge in [-0.15, -0.1) is 0 Å². The lowest BCUT2D eigenvalue weighted by atomic mass is 10.2. The van der Waals surface area contributed by atoms with Crippen molar-refractivity contribution in [3.8, 4) is 6.01 Å². The van der Waals surface area contributed by atoms with Gasteiger partial charge in [-0.25, -0.2) is 5.84 Å². The summed E-state index contributed by atoms with van der Waals surface area (Å²) in [4.78, 5) is 14.7. The zero-order chi connectivity index (χ0) is 15.0. The second-order valence-corrected chi connectivity index (χ2v) is 4.65. The third-order valence-electron chi connectivity index (χ3n) is 2.44. The molecule has 0 unspecified atom stereocenters. The van der Waals surface area contributed by atoms with Crippen molar-refractivity contribution in [2.45, 2.75) is 20.8 Å². The molecule has 0 bridgehead atoms. The lowest BCUT2D eigenvalue weighted by molar-refractivity contribution is 0.204. The Morgan fingerprint density at radius 1 is 1.30 bits per heavy atom. The highest BCUT2D eigenvalue weighted by molar-refractivity contribution is 5.37. The van der Waals surface area contributed by atoms with Crippen molar-refractivity contribution in [2.75, 3.05) is 43.7 Å². The van der Waals surface area contributed by atoms with Gasteiger partial charge in [-0.2, -0.15) is 15.0 Å². The average Bonchev–Trinajstić information content (AvgIpc) is 2.43. The predicted octanol–water partition coefficient (Wildman–Crippen LogP) is 0.665. The lowest BCUT2D eigenvalue weighted by Crippen LogP contribution is -2.33. The summed E-state index contributed by atoms with van der Waals surface area (Å²) in [6.07, 6.45) is 0. The fraction of sp³-hybridized carbons (Fsp3) is 0.750. The summed E-state index contributed by atoms with van der Waals surface area (Å²) in [6, 6.07) is 0.261. The first-order valence-electron chi connectivity index (χ1n) is 6.70. The van der Waals surface area contributed by atoms with E-state index in [-0.39, 0.29) is 12.0 Å². The van der Waals surface area contributed by atoms with Crippen LogP contribution in [0, 0.1) is 5.92 Å². The highest BCUT2D eigenvalue weighted by Crippen LogP contribution is 2.15. The molecule has 0 aliphatic rings. The van der Waals surface area contributed by atoms with Crippen LogP contribution < -0.4 is 20.9 Å². The molecule has 20 heavy (non-hydrogen) atoms. The Balaban J connectivity index is 2.99. The van der Waals surface area contributed by atoms with Crippen molar-refractivity contribution in [2.24, 2.45) is 11.8 Å². The first-order chi connectivity index (χ1) is 9.60. The van der Waals surface area contributed by atoms with Gasteiger partial charge in [0.2, 0.25) is 11.9 Å². The minimum Gasteiger partial charge on any atom is -0.464 e. The minimum absolute atomic E-state index is 0.261. The van der Waals surface area contributed by atoms with Crippen LogP contribution in [0.4, 0.5) is 11.9 Å². The number of hydrazine groups is 1. The Kier molecular flexibility index (Phi) is 6.96. The molecule has 1 rings (SSSR count). The molecule has 0 aliphatic carbocycles. The van der Waals surface area contributed by atoms with Crippen molar-refractivity contribution in [3.05, 3.63) is 0 Å². The molecule has 0 fully saturated rings. The van der Waals surface area contributed by atoms with E-state index >= 15 is 0 Å². The van der Waals surface area contributed by atoms with Gasteiger partial charge in [-0.3, -0.25) is 5.43 Å². The highest BCUT2D eigenvalue weighted by atomic mass is 16.5. The molecule has 8 heteroatoms. The average molecular weight is 284 g/mol. The first-order valence-corrected chi connectivity index (χ1v) is 6.70. The monoisotopic (exact) mass is 284 g/mol. The molecular weight excluding hydrogens is 260 g/mol. The van der Waals surface area contributed by atoms with E-state index in [1.54, 1.807) is 7.11 Å². The number of hydrogen-bond donors (Lipinski definition) is 2. The van der Waals surface area contributed by atoms with E-state index in [1.807, 2.05) is 11.8 Å². The maximum absolute atomic E-state index is 5.38. The Bertz CT molecular complexity index is 402. The lowest BCUT2D eigenvalue weighted by Gasteiger charge is -2.24. The Hall–Kier alpha value is -1.67. The first kappa shape index (κ1) is 16.4. The fourth-order valence-corrected chi connectivity index (χ4v) is 1.66. The highest BCUT2D eigenvalue weighted by Gasteiger charge is 2.15. The fourth-order valence-electron chi connectivity index (χ4n) is 1.66. The van der Waals surface area contributed by atoms with Crippen LogP contribution in [0.1, 0.15) is 20.8 Å². The van der Waals surface area contributed by atoms with Crippen molar-refractivity contribution < 1.29 is 9.47 Å². The third-order valence-corrected chi connectivity index (χ3v) is 2.44. The summed E-state index contributed by atoms with van der Waals surface area (Å²) < 4.78 is 10.5. The molecule has 0 amide bonds. The van der Waals surface area contributed by atoms with Gasteiger partial charge in [-0.1, -0.05) is 13.8 Å². The Labute approximate surface area is 119 Å². The largest absolute Gasteiger partial charge is 0.464 e. The van der Waals surface area contributed by atoms with Gasteiger partial charge in [0.05, 0.1) is 13.2 Å². The molecule has 1 heterocycles. The Morgan fingerprint density at radius 2 is 2.05 bits per heavy atom. The summed E-state index contributed by atoms with van der Waals surface area (Å²) in [5, 5.41) is 0. The number of nitrogens with two attached hydrogens (primary N) is 1. The number of methoxy groups -OCH3 is 1. The van der Waals surface area contributed by atoms with E-state index in [1.165, 1.54) is 0 Å². The maximum Gasteiger partial charge on any atom is 0.323 e. The number of nitrogens with one attached hydrogen (secondary N) is 1. The number of aromatic nitrogens is 3. The number of nitrogens with zero attached hydrogens (tertiary/aromatic N) is 4. The van der Waals surface area contributed by atoms with Gasteiger partial charge in [-0.05, 0) is 12.8 Å². The molecule has 3 N–H and O–H groups in total. The van der Waals surface area contributed by atoms with Crippen LogP contribution in [-0.2, 0) is 4.74 Å².